The Morgan fingerprint density at radius 2 is 2.36 bits per heavy atom. The van der Waals surface area contributed by atoms with Crippen molar-refractivity contribution in [2.45, 2.75) is 20.0 Å². The van der Waals surface area contributed by atoms with Crippen molar-refractivity contribution >= 4 is 24.0 Å². The lowest BCUT2D eigenvalue weighted by Gasteiger charge is -2.00. The molecule has 0 fully saturated rings. The molecule has 11 heavy (non-hydrogen) atoms. The summed E-state index contributed by atoms with van der Waals surface area (Å²) in [6, 6.07) is 0. The standard InChI is InChI=1S/C6H10ClN3.ClH/c1-2-10-6(3-8)5(7)4-9-10;/h4H,2-3,8H2,1H3;1H. The largest absolute Gasteiger partial charge is 0.325 e. The van der Waals surface area contributed by atoms with Gasteiger partial charge < -0.3 is 5.73 Å². The summed E-state index contributed by atoms with van der Waals surface area (Å²) < 4.78 is 1.79. The Bertz CT molecular complexity index is 222. The molecule has 0 aliphatic heterocycles. The van der Waals surface area contributed by atoms with E-state index in [1.54, 1.807) is 10.9 Å². The summed E-state index contributed by atoms with van der Waals surface area (Å²) in [4.78, 5) is 0. The fraction of sp³-hybridized carbons (Fsp3) is 0.500. The maximum absolute atomic E-state index is 5.76. The first-order valence-electron chi connectivity index (χ1n) is 3.19. The molecule has 5 heteroatoms. The average Bonchev–Trinajstić information content (AvgIpc) is 2.30. The van der Waals surface area contributed by atoms with Crippen LogP contribution in [0, 0.1) is 0 Å². The van der Waals surface area contributed by atoms with Gasteiger partial charge in [0, 0.05) is 13.1 Å². The van der Waals surface area contributed by atoms with Crippen LogP contribution >= 0.6 is 24.0 Å². The van der Waals surface area contributed by atoms with Crippen LogP contribution in [-0.2, 0) is 13.1 Å². The van der Waals surface area contributed by atoms with Gasteiger partial charge in [-0.1, -0.05) is 11.6 Å². The first-order valence-corrected chi connectivity index (χ1v) is 3.57. The number of nitrogens with zero attached hydrogens (tertiary/aromatic N) is 2. The van der Waals surface area contributed by atoms with Crippen LogP contribution in [0.4, 0.5) is 0 Å². The molecule has 2 N–H and O–H groups in total. The summed E-state index contributed by atoms with van der Waals surface area (Å²) in [5.74, 6) is 0. The Labute approximate surface area is 76.9 Å². The molecule has 0 unspecified atom stereocenters. The highest BCUT2D eigenvalue weighted by Crippen LogP contribution is 2.13. The van der Waals surface area contributed by atoms with Crippen LogP contribution in [-0.4, -0.2) is 9.78 Å². The Balaban J connectivity index is 0.000001000. The topological polar surface area (TPSA) is 43.8 Å². The smallest absolute Gasteiger partial charge is 0.0831 e. The number of aromatic nitrogens is 2. The van der Waals surface area contributed by atoms with E-state index in [1.807, 2.05) is 6.92 Å². The van der Waals surface area contributed by atoms with Crippen LogP contribution in [0.3, 0.4) is 0 Å². The molecule has 0 radical (unpaired) electrons. The zero-order valence-electron chi connectivity index (χ0n) is 6.25. The first kappa shape index (κ1) is 10.8. The molecule has 0 saturated carbocycles. The third-order valence-corrected chi connectivity index (χ3v) is 1.71. The van der Waals surface area contributed by atoms with Crippen molar-refractivity contribution in [3.05, 3.63) is 16.9 Å². The number of nitrogens with two attached hydrogens (primary N) is 1. The van der Waals surface area contributed by atoms with Gasteiger partial charge in [-0.3, -0.25) is 4.68 Å². The normalized spacial score (nSPS) is 9.36. The maximum atomic E-state index is 5.76. The SMILES string of the molecule is CCn1ncc(Cl)c1CN.Cl. The minimum atomic E-state index is 0. The van der Waals surface area contributed by atoms with Gasteiger partial charge in [0.2, 0.25) is 0 Å². The van der Waals surface area contributed by atoms with Crippen molar-refractivity contribution in [3.8, 4) is 0 Å². The van der Waals surface area contributed by atoms with Crippen LogP contribution in [0.5, 0.6) is 0 Å². The quantitative estimate of drug-likeness (QED) is 0.777. The van der Waals surface area contributed by atoms with E-state index in [0.29, 0.717) is 11.6 Å². The minimum absolute atomic E-state index is 0. The Kier molecular flexibility index (Phi) is 4.49. The molecule has 0 spiro atoms. The van der Waals surface area contributed by atoms with E-state index in [2.05, 4.69) is 5.10 Å². The van der Waals surface area contributed by atoms with Crippen molar-refractivity contribution in [1.29, 1.82) is 0 Å². The molecule has 3 nitrogen and oxygen atoms in total. The first-order chi connectivity index (χ1) is 4.79. The minimum Gasteiger partial charge on any atom is -0.325 e. The third-order valence-electron chi connectivity index (χ3n) is 1.39. The number of aryl methyl sites for hydroxylation is 1. The van der Waals surface area contributed by atoms with Crippen molar-refractivity contribution in [1.82, 2.24) is 9.78 Å². The second kappa shape index (κ2) is 4.59. The maximum Gasteiger partial charge on any atom is 0.0831 e. The summed E-state index contributed by atoms with van der Waals surface area (Å²) in [7, 11) is 0. The van der Waals surface area contributed by atoms with E-state index in [-0.39, 0.29) is 12.4 Å². The van der Waals surface area contributed by atoms with Crippen LogP contribution in [0.15, 0.2) is 6.20 Å². The molecular formula is C6H11Cl2N3. The van der Waals surface area contributed by atoms with Crippen LogP contribution < -0.4 is 5.73 Å². The Hall–Kier alpha value is -0.250. The van der Waals surface area contributed by atoms with Crippen LogP contribution in [0.25, 0.3) is 0 Å². The van der Waals surface area contributed by atoms with Gasteiger partial charge in [-0.05, 0) is 6.92 Å². The lowest BCUT2D eigenvalue weighted by Crippen LogP contribution is -2.07. The van der Waals surface area contributed by atoms with Gasteiger partial charge >= 0.3 is 0 Å². The summed E-state index contributed by atoms with van der Waals surface area (Å²) >= 11 is 5.76. The second-order valence-electron chi connectivity index (χ2n) is 1.96. The molecule has 0 saturated heterocycles. The molecule has 0 aliphatic rings. The van der Waals surface area contributed by atoms with E-state index in [4.69, 9.17) is 17.3 Å². The second-order valence-corrected chi connectivity index (χ2v) is 2.37. The van der Waals surface area contributed by atoms with Crippen molar-refractivity contribution in [2.24, 2.45) is 5.73 Å². The molecule has 64 valence electrons. The van der Waals surface area contributed by atoms with Gasteiger partial charge in [-0.25, -0.2) is 0 Å². The summed E-state index contributed by atoms with van der Waals surface area (Å²) in [6.45, 7) is 3.27. The number of hydrogen-bond acceptors (Lipinski definition) is 2. The predicted molar refractivity (Wildman–Crippen MR) is 48.1 cm³/mol. The van der Waals surface area contributed by atoms with E-state index >= 15 is 0 Å². The number of halogens is 2. The average molecular weight is 196 g/mol. The van der Waals surface area contributed by atoms with E-state index in [9.17, 15) is 0 Å². The summed E-state index contributed by atoms with van der Waals surface area (Å²) in [5.41, 5.74) is 6.33. The lowest BCUT2D eigenvalue weighted by atomic mass is 10.4. The van der Waals surface area contributed by atoms with Crippen LogP contribution in [0.2, 0.25) is 5.02 Å². The van der Waals surface area contributed by atoms with Crippen molar-refractivity contribution in [3.63, 3.8) is 0 Å². The zero-order valence-corrected chi connectivity index (χ0v) is 7.82. The fourth-order valence-electron chi connectivity index (χ4n) is 0.863. The van der Waals surface area contributed by atoms with Crippen LogP contribution in [0.1, 0.15) is 12.6 Å². The molecule has 1 aromatic rings. The highest BCUT2D eigenvalue weighted by atomic mass is 35.5. The Morgan fingerprint density at radius 1 is 1.73 bits per heavy atom. The molecule has 1 rings (SSSR count). The molecule has 0 atom stereocenters. The van der Waals surface area contributed by atoms with Gasteiger partial charge in [-0.2, -0.15) is 5.10 Å². The highest BCUT2D eigenvalue weighted by molar-refractivity contribution is 6.31. The molecule has 1 heterocycles. The summed E-state index contributed by atoms with van der Waals surface area (Å²) in [5, 5.41) is 4.67. The number of rotatable bonds is 2. The molecular weight excluding hydrogens is 185 g/mol. The molecule has 0 amide bonds. The van der Waals surface area contributed by atoms with Gasteiger partial charge in [0.1, 0.15) is 0 Å². The highest BCUT2D eigenvalue weighted by Gasteiger charge is 2.03. The monoisotopic (exact) mass is 195 g/mol. The number of hydrogen-bond donors (Lipinski definition) is 1. The van der Waals surface area contributed by atoms with Gasteiger partial charge in [0.25, 0.3) is 0 Å². The molecule has 0 aromatic carbocycles. The van der Waals surface area contributed by atoms with Gasteiger partial charge in [-0.15, -0.1) is 12.4 Å². The predicted octanol–water partition coefficient (Wildman–Crippen LogP) is 1.44. The Morgan fingerprint density at radius 3 is 2.73 bits per heavy atom. The van der Waals surface area contributed by atoms with Crippen molar-refractivity contribution < 1.29 is 0 Å². The molecule has 0 aliphatic carbocycles. The third kappa shape index (κ3) is 2.09. The summed E-state index contributed by atoms with van der Waals surface area (Å²) in [6.07, 6.45) is 1.62. The lowest BCUT2D eigenvalue weighted by molar-refractivity contribution is 0.623. The molecule has 1 aromatic heterocycles. The zero-order chi connectivity index (χ0) is 7.56. The van der Waals surface area contributed by atoms with Gasteiger partial charge in [0.05, 0.1) is 16.9 Å². The fourth-order valence-corrected chi connectivity index (χ4v) is 1.08. The van der Waals surface area contributed by atoms with E-state index in [0.717, 1.165) is 12.2 Å². The van der Waals surface area contributed by atoms with Crippen molar-refractivity contribution in [2.75, 3.05) is 0 Å². The van der Waals surface area contributed by atoms with Gasteiger partial charge in [0.15, 0.2) is 0 Å². The van der Waals surface area contributed by atoms with E-state index < -0.39 is 0 Å². The molecule has 0 bridgehead atoms. The van der Waals surface area contributed by atoms with E-state index in [1.165, 1.54) is 0 Å².